The average molecular weight is 185 g/mol. The zero-order chi connectivity index (χ0) is 10.4. The number of hydrogen-bond donors (Lipinski definition) is 1. The Bertz CT molecular complexity index is 221. The van der Waals surface area contributed by atoms with Gasteiger partial charge in [0.05, 0.1) is 0 Å². The zero-order valence-corrected chi connectivity index (χ0v) is 8.22. The SMILES string of the molecule is C=C(C)C(=O)OCNC(=O)C(C)C. The summed E-state index contributed by atoms with van der Waals surface area (Å²) in [7, 11) is 0. The highest BCUT2D eigenvalue weighted by molar-refractivity contribution is 5.87. The molecule has 0 saturated heterocycles. The molecule has 0 aliphatic rings. The lowest BCUT2D eigenvalue weighted by atomic mass is 10.2. The van der Waals surface area contributed by atoms with Crippen LogP contribution in [0.2, 0.25) is 0 Å². The van der Waals surface area contributed by atoms with Crippen LogP contribution >= 0.6 is 0 Å². The molecule has 0 spiro atoms. The van der Waals surface area contributed by atoms with Gasteiger partial charge in [-0.15, -0.1) is 0 Å². The third kappa shape index (κ3) is 5.00. The number of carbonyl (C=O) groups excluding carboxylic acids is 2. The van der Waals surface area contributed by atoms with E-state index in [2.05, 4.69) is 16.6 Å². The van der Waals surface area contributed by atoms with Gasteiger partial charge in [-0.05, 0) is 6.92 Å². The van der Waals surface area contributed by atoms with Gasteiger partial charge in [0.1, 0.15) is 0 Å². The van der Waals surface area contributed by atoms with Crippen LogP contribution in [-0.2, 0) is 14.3 Å². The van der Waals surface area contributed by atoms with Crippen molar-refractivity contribution >= 4 is 11.9 Å². The van der Waals surface area contributed by atoms with E-state index in [1.165, 1.54) is 0 Å². The quantitative estimate of drug-likeness (QED) is 0.401. The molecule has 0 aromatic rings. The molecular weight excluding hydrogens is 170 g/mol. The fourth-order valence-electron chi connectivity index (χ4n) is 0.500. The van der Waals surface area contributed by atoms with Gasteiger partial charge in [0.15, 0.2) is 6.73 Å². The highest BCUT2D eigenvalue weighted by atomic mass is 16.5. The number of amides is 1. The minimum Gasteiger partial charge on any atom is -0.441 e. The van der Waals surface area contributed by atoms with Crippen molar-refractivity contribution in [3.63, 3.8) is 0 Å². The van der Waals surface area contributed by atoms with E-state index in [1.54, 1.807) is 20.8 Å². The number of ether oxygens (including phenoxy) is 1. The first kappa shape index (κ1) is 11.7. The van der Waals surface area contributed by atoms with Gasteiger partial charge in [0.25, 0.3) is 0 Å². The molecule has 0 aromatic carbocycles. The summed E-state index contributed by atoms with van der Waals surface area (Å²) in [6.07, 6.45) is 0. The minimum atomic E-state index is -0.496. The lowest BCUT2D eigenvalue weighted by Gasteiger charge is -2.07. The van der Waals surface area contributed by atoms with Crippen LogP contribution in [0.5, 0.6) is 0 Å². The number of esters is 1. The molecule has 0 atom stereocenters. The van der Waals surface area contributed by atoms with E-state index in [0.29, 0.717) is 5.57 Å². The summed E-state index contributed by atoms with van der Waals surface area (Å²) in [6.45, 7) is 8.37. The van der Waals surface area contributed by atoms with Gasteiger partial charge in [-0.1, -0.05) is 20.4 Å². The van der Waals surface area contributed by atoms with E-state index < -0.39 is 5.97 Å². The summed E-state index contributed by atoms with van der Waals surface area (Å²) in [4.78, 5) is 21.8. The smallest absolute Gasteiger partial charge is 0.334 e. The predicted molar refractivity (Wildman–Crippen MR) is 48.8 cm³/mol. The van der Waals surface area contributed by atoms with Crippen LogP contribution in [0.25, 0.3) is 0 Å². The first-order valence-electron chi connectivity index (χ1n) is 4.05. The fourth-order valence-corrected chi connectivity index (χ4v) is 0.500. The maximum absolute atomic E-state index is 11.0. The summed E-state index contributed by atoms with van der Waals surface area (Å²) < 4.78 is 4.65. The van der Waals surface area contributed by atoms with E-state index in [-0.39, 0.29) is 18.6 Å². The molecule has 0 aromatic heterocycles. The molecule has 0 bridgehead atoms. The van der Waals surface area contributed by atoms with Crippen molar-refractivity contribution in [2.45, 2.75) is 20.8 Å². The Labute approximate surface area is 78.0 Å². The Kier molecular flexibility index (Phi) is 4.80. The molecule has 0 saturated carbocycles. The van der Waals surface area contributed by atoms with E-state index in [9.17, 15) is 9.59 Å². The predicted octanol–water partition coefficient (Wildman–Crippen LogP) is 0.835. The highest BCUT2D eigenvalue weighted by Crippen LogP contribution is 1.92. The summed E-state index contributed by atoms with van der Waals surface area (Å²) in [5.41, 5.74) is 0.318. The highest BCUT2D eigenvalue weighted by Gasteiger charge is 2.07. The molecule has 13 heavy (non-hydrogen) atoms. The van der Waals surface area contributed by atoms with Crippen molar-refractivity contribution in [1.82, 2.24) is 5.32 Å². The Hall–Kier alpha value is -1.32. The second-order valence-electron chi connectivity index (χ2n) is 3.05. The molecule has 1 amide bonds. The molecule has 0 radical (unpaired) electrons. The number of carbonyl (C=O) groups is 2. The fraction of sp³-hybridized carbons (Fsp3) is 0.556. The molecule has 0 rings (SSSR count). The lowest BCUT2D eigenvalue weighted by molar-refractivity contribution is -0.141. The van der Waals surface area contributed by atoms with E-state index >= 15 is 0 Å². The van der Waals surface area contributed by atoms with Gasteiger partial charge < -0.3 is 10.1 Å². The number of nitrogens with one attached hydrogen (secondary N) is 1. The molecule has 1 N–H and O–H groups in total. The molecule has 0 heterocycles. The van der Waals surface area contributed by atoms with Crippen molar-refractivity contribution in [2.75, 3.05) is 6.73 Å². The third-order valence-corrected chi connectivity index (χ3v) is 1.32. The standard InChI is InChI=1S/C9H15NO3/c1-6(2)8(11)10-5-13-9(12)7(3)4/h6H,3,5H2,1-2,4H3,(H,10,11). The average Bonchev–Trinajstić information content (AvgIpc) is 2.03. The monoisotopic (exact) mass is 185 g/mol. The molecule has 4 nitrogen and oxygen atoms in total. The Morgan fingerprint density at radius 3 is 2.38 bits per heavy atom. The third-order valence-electron chi connectivity index (χ3n) is 1.32. The second kappa shape index (κ2) is 5.35. The minimum absolute atomic E-state index is 0.0945. The van der Waals surface area contributed by atoms with Crippen LogP contribution in [0.4, 0.5) is 0 Å². The van der Waals surface area contributed by atoms with E-state index in [0.717, 1.165) is 0 Å². The first-order valence-corrected chi connectivity index (χ1v) is 4.05. The van der Waals surface area contributed by atoms with Crippen LogP contribution in [0.1, 0.15) is 20.8 Å². The van der Waals surface area contributed by atoms with Crippen molar-refractivity contribution in [3.05, 3.63) is 12.2 Å². The van der Waals surface area contributed by atoms with Crippen LogP contribution < -0.4 is 5.32 Å². The normalized spacial score (nSPS) is 9.54. The number of rotatable bonds is 4. The van der Waals surface area contributed by atoms with Gasteiger partial charge in [-0.25, -0.2) is 4.79 Å². The van der Waals surface area contributed by atoms with Gasteiger partial charge in [-0.3, -0.25) is 4.79 Å². The molecule has 0 unspecified atom stereocenters. The number of hydrogen-bond acceptors (Lipinski definition) is 3. The summed E-state index contributed by atoms with van der Waals surface area (Å²) in [5, 5.41) is 2.44. The van der Waals surface area contributed by atoms with Gasteiger partial charge in [0, 0.05) is 11.5 Å². The Morgan fingerprint density at radius 1 is 1.46 bits per heavy atom. The van der Waals surface area contributed by atoms with Gasteiger partial charge in [0.2, 0.25) is 5.91 Å². The summed E-state index contributed by atoms with van der Waals surface area (Å²) in [6, 6.07) is 0. The lowest BCUT2D eigenvalue weighted by Crippen LogP contribution is -2.31. The largest absolute Gasteiger partial charge is 0.441 e. The van der Waals surface area contributed by atoms with Crippen LogP contribution in [0.15, 0.2) is 12.2 Å². The maximum Gasteiger partial charge on any atom is 0.334 e. The zero-order valence-electron chi connectivity index (χ0n) is 8.22. The first-order chi connectivity index (χ1) is 5.95. The van der Waals surface area contributed by atoms with Gasteiger partial charge in [-0.2, -0.15) is 0 Å². The molecular formula is C9H15NO3. The molecule has 74 valence electrons. The van der Waals surface area contributed by atoms with Gasteiger partial charge >= 0.3 is 5.97 Å². The molecule has 4 heteroatoms. The van der Waals surface area contributed by atoms with E-state index in [4.69, 9.17) is 0 Å². The van der Waals surface area contributed by atoms with Crippen LogP contribution in [0.3, 0.4) is 0 Å². The van der Waals surface area contributed by atoms with E-state index in [1.807, 2.05) is 0 Å². The molecule has 0 aliphatic carbocycles. The summed E-state index contributed by atoms with van der Waals surface area (Å²) >= 11 is 0. The Balaban J connectivity index is 3.63. The van der Waals surface area contributed by atoms with Crippen molar-refractivity contribution < 1.29 is 14.3 Å². The van der Waals surface area contributed by atoms with Crippen LogP contribution in [0, 0.1) is 5.92 Å². The summed E-state index contributed by atoms with van der Waals surface area (Å²) in [5.74, 6) is -0.748. The second-order valence-corrected chi connectivity index (χ2v) is 3.05. The molecule has 0 fully saturated rings. The van der Waals surface area contributed by atoms with Crippen molar-refractivity contribution in [3.8, 4) is 0 Å². The van der Waals surface area contributed by atoms with Crippen molar-refractivity contribution in [1.29, 1.82) is 0 Å². The topological polar surface area (TPSA) is 55.4 Å². The van der Waals surface area contributed by atoms with Crippen LogP contribution in [-0.4, -0.2) is 18.6 Å². The molecule has 0 aliphatic heterocycles. The Morgan fingerprint density at radius 2 is 2.00 bits per heavy atom. The van der Waals surface area contributed by atoms with Crippen molar-refractivity contribution in [2.24, 2.45) is 5.92 Å². The maximum atomic E-state index is 11.0.